The Morgan fingerprint density at radius 3 is 2.78 bits per heavy atom. The Labute approximate surface area is 188 Å². The molecule has 3 aromatic rings. The van der Waals surface area contributed by atoms with Crippen LogP contribution in [0.3, 0.4) is 0 Å². The van der Waals surface area contributed by atoms with Gasteiger partial charge in [0.2, 0.25) is 5.78 Å². The van der Waals surface area contributed by atoms with Gasteiger partial charge in [-0.15, -0.1) is 0 Å². The van der Waals surface area contributed by atoms with Gasteiger partial charge < -0.3 is 18.9 Å². The van der Waals surface area contributed by atoms with Crippen molar-refractivity contribution in [2.24, 2.45) is 0 Å². The molecule has 162 valence electrons. The molecule has 3 aromatic carbocycles. The van der Waals surface area contributed by atoms with Crippen molar-refractivity contribution < 1.29 is 28.1 Å². The Balaban J connectivity index is 1.42. The van der Waals surface area contributed by atoms with E-state index in [1.54, 1.807) is 42.5 Å². The zero-order chi connectivity index (χ0) is 22.2. The topological polar surface area (TPSA) is 54.0 Å². The van der Waals surface area contributed by atoms with Crippen molar-refractivity contribution in [3.05, 3.63) is 92.9 Å². The highest BCUT2D eigenvalue weighted by Gasteiger charge is 2.30. The highest BCUT2D eigenvalue weighted by Crippen LogP contribution is 2.39. The van der Waals surface area contributed by atoms with Crippen LogP contribution in [0.5, 0.6) is 17.2 Å². The molecule has 0 amide bonds. The first kappa shape index (κ1) is 20.5. The Hall–Kier alpha value is -3.35. The zero-order valence-corrected chi connectivity index (χ0v) is 17.9. The first-order valence-electron chi connectivity index (χ1n) is 9.97. The van der Waals surface area contributed by atoms with E-state index in [0.717, 1.165) is 16.7 Å². The fraction of sp³-hybridized carbons (Fsp3) is 0.160. The minimum atomic E-state index is -0.299. The smallest absolute Gasteiger partial charge is 0.232 e. The van der Waals surface area contributed by atoms with Gasteiger partial charge in [-0.05, 0) is 54.5 Å². The lowest BCUT2D eigenvalue weighted by molar-refractivity contribution is -0.0165. The van der Waals surface area contributed by atoms with Crippen molar-refractivity contribution in [3.8, 4) is 17.2 Å². The van der Waals surface area contributed by atoms with Crippen molar-refractivity contribution >= 4 is 23.5 Å². The lowest BCUT2D eigenvalue weighted by Gasteiger charge is -2.20. The van der Waals surface area contributed by atoms with Crippen LogP contribution < -0.4 is 14.2 Å². The number of rotatable bonds is 4. The van der Waals surface area contributed by atoms with Crippen LogP contribution in [-0.2, 0) is 18.0 Å². The normalized spacial score (nSPS) is 15.7. The molecule has 0 N–H and O–H groups in total. The van der Waals surface area contributed by atoms with Gasteiger partial charge in [0.25, 0.3) is 0 Å². The van der Waals surface area contributed by atoms with Crippen molar-refractivity contribution in [2.45, 2.75) is 20.1 Å². The highest BCUT2D eigenvalue weighted by atomic mass is 35.5. The van der Waals surface area contributed by atoms with E-state index in [9.17, 15) is 9.18 Å². The Bertz CT molecular complexity index is 1250. The largest absolute Gasteiger partial charge is 0.489 e. The maximum absolute atomic E-state index is 13.1. The average Bonchev–Trinajstić information content (AvgIpc) is 3.08. The van der Waals surface area contributed by atoms with Crippen LogP contribution in [0.4, 0.5) is 4.39 Å². The number of hydrogen-bond donors (Lipinski definition) is 0. The van der Waals surface area contributed by atoms with E-state index < -0.39 is 0 Å². The molecule has 0 aliphatic carbocycles. The van der Waals surface area contributed by atoms with Crippen molar-refractivity contribution in [1.82, 2.24) is 0 Å². The van der Waals surface area contributed by atoms with Gasteiger partial charge in [-0.3, -0.25) is 4.79 Å². The summed E-state index contributed by atoms with van der Waals surface area (Å²) < 4.78 is 35.7. The van der Waals surface area contributed by atoms with E-state index >= 15 is 0 Å². The van der Waals surface area contributed by atoms with Crippen molar-refractivity contribution in [2.75, 3.05) is 6.79 Å². The molecular weight excluding hydrogens is 435 g/mol. The Kier molecular flexibility index (Phi) is 5.33. The minimum absolute atomic E-state index is 0.133. The molecule has 0 spiro atoms. The number of allylic oxidation sites excluding steroid dienone is 1. The minimum Gasteiger partial charge on any atom is -0.489 e. The summed E-state index contributed by atoms with van der Waals surface area (Å²) >= 11 is 6.23. The van der Waals surface area contributed by atoms with Gasteiger partial charge >= 0.3 is 0 Å². The summed E-state index contributed by atoms with van der Waals surface area (Å²) in [6.45, 7) is 2.61. The predicted molar refractivity (Wildman–Crippen MR) is 117 cm³/mol. The number of carbonyl (C=O) groups is 1. The monoisotopic (exact) mass is 452 g/mol. The third-order valence-electron chi connectivity index (χ3n) is 5.25. The molecule has 5 rings (SSSR count). The lowest BCUT2D eigenvalue weighted by atomic mass is 10.0. The maximum Gasteiger partial charge on any atom is 0.232 e. The molecule has 0 fully saturated rings. The SMILES string of the molecule is Cc1cc(OCc2ccc(F)cc2)cc2c1C(=O)/C(=C/c1cc(Cl)cc3c1OCOC3)O2. The van der Waals surface area contributed by atoms with E-state index in [-0.39, 0.29) is 30.8 Å². The number of carbonyl (C=O) groups excluding carboxylic acids is 1. The molecule has 32 heavy (non-hydrogen) atoms. The van der Waals surface area contributed by atoms with E-state index in [4.69, 9.17) is 30.5 Å². The van der Waals surface area contributed by atoms with E-state index in [0.29, 0.717) is 40.0 Å². The van der Waals surface area contributed by atoms with Crippen LogP contribution in [0.25, 0.3) is 6.08 Å². The molecule has 2 aliphatic heterocycles. The van der Waals surface area contributed by atoms with Crippen LogP contribution in [0, 0.1) is 12.7 Å². The number of ketones is 1. The summed E-state index contributed by atoms with van der Waals surface area (Å²) in [6, 6.07) is 13.1. The molecule has 2 aliphatic rings. The van der Waals surface area contributed by atoms with Gasteiger partial charge in [0.1, 0.15) is 29.7 Å². The van der Waals surface area contributed by atoms with Crippen LogP contribution in [0.1, 0.15) is 32.6 Å². The fourth-order valence-corrected chi connectivity index (χ4v) is 4.01. The van der Waals surface area contributed by atoms with Gasteiger partial charge in [-0.25, -0.2) is 4.39 Å². The first-order valence-corrected chi connectivity index (χ1v) is 10.3. The zero-order valence-electron chi connectivity index (χ0n) is 17.1. The molecule has 7 heteroatoms. The Morgan fingerprint density at radius 2 is 1.97 bits per heavy atom. The Morgan fingerprint density at radius 1 is 1.16 bits per heavy atom. The molecule has 0 saturated carbocycles. The summed E-state index contributed by atoms with van der Waals surface area (Å²) in [5, 5.41) is 0.514. The number of fused-ring (bicyclic) bond motifs is 2. The summed E-state index contributed by atoms with van der Waals surface area (Å²) in [4.78, 5) is 13.0. The molecule has 0 aromatic heterocycles. The third-order valence-corrected chi connectivity index (χ3v) is 5.47. The van der Waals surface area contributed by atoms with Gasteiger partial charge in [0.05, 0.1) is 12.2 Å². The second-order valence-electron chi connectivity index (χ2n) is 7.56. The molecule has 0 atom stereocenters. The summed E-state index contributed by atoms with van der Waals surface area (Å²) in [5.74, 6) is 1.27. The molecular formula is C25H18ClFO5. The van der Waals surface area contributed by atoms with Gasteiger partial charge in [-0.2, -0.15) is 0 Å². The third kappa shape index (κ3) is 3.95. The molecule has 0 bridgehead atoms. The second kappa shape index (κ2) is 8.30. The summed E-state index contributed by atoms with van der Waals surface area (Å²) in [7, 11) is 0. The van der Waals surface area contributed by atoms with Gasteiger partial charge in [0, 0.05) is 22.2 Å². The van der Waals surface area contributed by atoms with Crippen LogP contribution in [0.2, 0.25) is 5.02 Å². The van der Waals surface area contributed by atoms with E-state index in [1.165, 1.54) is 12.1 Å². The highest BCUT2D eigenvalue weighted by molar-refractivity contribution is 6.31. The number of Topliss-reactive ketones (excluding diaryl/α,β-unsaturated/α-hetero) is 1. The van der Waals surface area contributed by atoms with Crippen LogP contribution in [0.15, 0.2) is 54.3 Å². The van der Waals surface area contributed by atoms with Crippen molar-refractivity contribution in [1.29, 1.82) is 0 Å². The number of hydrogen-bond acceptors (Lipinski definition) is 5. The van der Waals surface area contributed by atoms with Gasteiger partial charge in [-0.1, -0.05) is 23.7 Å². The molecule has 0 radical (unpaired) electrons. The molecule has 5 nitrogen and oxygen atoms in total. The molecule has 0 unspecified atom stereocenters. The molecule has 2 heterocycles. The van der Waals surface area contributed by atoms with Crippen LogP contribution in [-0.4, -0.2) is 12.6 Å². The standard InChI is InChI=1S/C25H18ClFO5/c1-14-6-20(30-11-15-2-4-19(27)5-3-15)10-21-23(14)24(28)22(32-21)9-16-7-18(26)8-17-12-29-13-31-25(16)17/h2-10H,11-13H2,1H3/b22-9-. The number of halogens is 2. The van der Waals surface area contributed by atoms with Gasteiger partial charge in [0.15, 0.2) is 12.6 Å². The summed E-state index contributed by atoms with van der Waals surface area (Å²) in [6.07, 6.45) is 1.64. The molecule has 0 saturated heterocycles. The number of benzene rings is 3. The fourth-order valence-electron chi connectivity index (χ4n) is 3.77. The van der Waals surface area contributed by atoms with E-state index in [1.807, 2.05) is 6.92 Å². The summed E-state index contributed by atoms with van der Waals surface area (Å²) in [5.41, 5.74) is 3.52. The number of ether oxygens (including phenoxy) is 4. The average molecular weight is 453 g/mol. The predicted octanol–water partition coefficient (Wildman–Crippen LogP) is 5.85. The van der Waals surface area contributed by atoms with Crippen molar-refractivity contribution in [3.63, 3.8) is 0 Å². The maximum atomic E-state index is 13.1. The quantitative estimate of drug-likeness (QED) is 0.465. The second-order valence-corrected chi connectivity index (χ2v) is 8.00. The van der Waals surface area contributed by atoms with E-state index in [2.05, 4.69) is 0 Å². The number of aryl methyl sites for hydroxylation is 1. The first-order chi connectivity index (χ1) is 15.5. The lowest BCUT2D eigenvalue weighted by Crippen LogP contribution is -2.12. The van der Waals surface area contributed by atoms with Crippen LogP contribution >= 0.6 is 11.6 Å².